The maximum absolute atomic E-state index is 5.11. The Hall–Kier alpha value is -1.78. The van der Waals surface area contributed by atoms with Gasteiger partial charge in [-0.15, -0.1) is 0 Å². The lowest BCUT2D eigenvalue weighted by Gasteiger charge is -2.16. The molecule has 0 aliphatic heterocycles. The van der Waals surface area contributed by atoms with E-state index >= 15 is 0 Å². The van der Waals surface area contributed by atoms with Gasteiger partial charge in [-0.1, -0.05) is 26.7 Å². The highest BCUT2D eigenvalue weighted by Gasteiger charge is 2.05. The molecule has 1 aromatic rings. The van der Waals surface area contributed by atoms with E-state index < -0.39 is 0 Å². The first-order valence-corrected chi connectivity index (χ1v) is 7.16. The third kappa shape index (κ3) is 5.47. The summed E-state index contributed by atoms with van der Waals surface area (Å²) in [5.74, 6) is 2.14. The van der Waals surface area contributed by atoms with Gasteiger partial charge in [0.25, 0.3) is 0 Å². The Labute approximate surface area is 121 Å². The van der Waals surface area contributed by atoms with Gasteiger partial charge in [0.1, 0.15) is 0 Å². The van der Waals surface area contributed by atoms with E-state index in [4.69, 9.17) is 4.74 Å². The third-order valence-corrected chi connectivity index (χ3v) is 3.40. The zero-order chi connectivity index (χ0) is 14.8. The Morgan fingerprint density at radius 3 is 2.70 bits per heavy atom. The van der Waals surface area contributed by atoms with Crippen LogP contribution in [0.4, 0.5) is 0 Å². The van der Waals surface area contributed by atoms with Gasteiger partial charge < -0.3 is 15.4 Å². The number of aliphatic imine (C=N–C) groups is 1. The molecule has 112 valence electrons. The van der Waals surface area contributed by atoms with Crippen molar-refractivity contribution in [1.82, 2.24) is 15.6 Å². The minimum Gasteiger partial charge on any atom is -0.481 e. The number of rotatable bonds is 7. The van der Waals surface area contributed by atoms with Crippen LogP contribution in [0.25, 0.3) is 0 Å². The second-order valence-corrected chi connectivity index (χ2v) is 4.70. The summed E-state index contributed by atoms with van der Waals surface area (Å²) in [5.41, 5.74) is 1.11. The summed E-state index contributed by atoms with van der Waals surface area (Å²) in [5, 5.41) is 6.66. The zero-order valence-electron chi connectivity index (χ0n) is 12.9. The summed E-state index contributed by atoms with van der Waals surface area (Å²) >= 11 is 0. The van der Waals surface area contributed by atoms with Crippen molar-refractivity contribution in [3.8, 4) is 5.88 Å². The molecule has 0 aromatic carbocycles. The standard InChI is InChI=1S/C15H26N4O/c1-5-12(6-2)10-18-15(16-3)19-11-13-7-8-17-14(9-13)20-4/h7-9,12H,5-6,10-11H2,1-4H3,(H2,16,18,19). The van der Waals surface area contributed by atoms with E-state index in [1.165, 1.54) is 12.8 Å². The molecule has 0 aliphatic carbocycles. The molecule has 0 spiro atoms. The van der Waals surface area contributed by atoms with Gasteiger partial charge in [0.2, 0.25) is 5.88 Å². The summed E-state index contributed by atoms with van der Waals surface area (Å²) in [6.45, 7) is 6.08. The highest BCUT2D eigenvalue weighted by atomic mass is 16.5. The molecule has 0 saturated heterocycles. The van der Waals surface area contributed by atoms with E-state index in [-0.39, 0.29) is 0 Å². The van der Waals surface area contributed by atoms with Crippen LogP contribution < -0.4 is 15.4 Å². The van der Waals surface area contributed by atoms with Crippen LogP contribution in [0.5, 0.6) is 5.88 Å². The quantitative estimate of drug-likeness (QED) is 0.593. The fourth-order valence-corrected chi connectivity index (χ4v) is 1.90. The van der Waals surface area contributed by atoms with Crippen molar-refractivity contribution in [3.63, 3.8) is 0 Å². The van der Waals surface area contributed by atoms with Crippen molar-refractivity contribution in [2.45, 2.75) is 33.2 Å². The molecule has 1 aromatic heterocycles. The summed E-state index contributed by atoms with van der Waals surface area (Å²) in [6.07, 6.45) is 4.11. The molecule has 0 aliphatic rings. The molecule has 20 heavy (non-hydrogen) atoms. The smallest absolute Gasteiger partial charge is 0.213 e. The number of methoxy groups -OCH3 is 1. The molecule has 0 unspecified atom stereocenters. The van der Waals surface area contributed by atoms with E-state index in [1.807, 2.05) is 12.1 Å². The number of ether oxygens (including phenoxy) is 1. The Balaban J connectivity index is 2.45. The molecular weight excluding hydrogens is 252 g/mol. The third-order valence-electron chi connectivity index (χ3n) is 3.40. The van der Waals surface area contributed by atoms with Crippen molar-refractivity contribution < 1.29 is 4.74 Å². The molecule has 0 atom stereocenters. The minimum atomic E-state index is 0.629. The van der Waals surface area contributed by atoms with Gasteiger partial charge >= 0.3 is 0 Å². The molecule has 0 fully saturated rings. The van der Waals surface area contributed by atoms with Crippen LogP contribution >= 0.6 is 0 Å². The zero-order valence-corrected chi connectivity index (χ0v) is 12.9. The number of aromatic nitrogens is 1. The van der Waals surface area contributed by atoms with Gasteiger partial charge in [0.05, 0.1) is 7.11 Å². The van der Waals surface area contributed by atoms with Crippen LogP contribution in [0.2, 0.25) is 0 Å². The van der Waals surface area contributed by atoms with Gasteiger partial charge in [-0.3, -0.25) is 4.99 Å². The lowest BCUT2D eigenvalue weighted by molar-refractivity contribution is 0.397. The molecule has 5 heteroatoms. The van der Waals surface area contributed by atoms with Gasteiger partial charge in [0, 0.05) is 32.4 Å². The molecular formula is C15H26N4O. The molecule has 1 heterocycles. The van der Waals surface area contributed by atoms with Crippen molar-refractivity contribution >= 4 is 5.96 Å². The van der Waals surface area contributed by atoms with E-state index in [9.17, 15) is 0 Å². The van der Waals surface area contributed by atoms with E-state index in [0.29, 0.717) is 18.3 Å². The van der Waals surface area contributed by atoms with Crippen LogP contribution in [0, 0.1) is 5.92 Å². The molecule has 1 rings (SSSR count). The first-order chi connectivity index (χ1) is 9.73. The van der Waals surface area contributed by atoms with E-state index in [1.54, 1.807) is 20.4 Å². The average molecular weight is 278 g/mol. The molecule has 0 saturated carbocycles. The maximum atomic E-state index is 5.11. The number of hydrogen-bond acceptors (Lipinski definition) is 3. The predicted molar refractivity (Wildman–Crippen MR) is 83.1 cm³/mol. The minimum absolute atomic E-state index is 0.629. The number of nitrogens with one attached hydrogen (secondary N) is 2. The molecule has 5 nitrogen and oxygen atoms in total. The fourth-order valence-electron chi connectivity index (χ4n) is 1.90. The predicted octanol–water partition coefficient (Wildman–Crippen LogP) is 2.19. The van der Waals surface area contributed by atoms with Crippen molar-refractivity contribution in [2.75, 3.05) is 20.7 Å². The fraction of sp³-hybridized carbons (Fsp3) is 0.600. The number of guanidine groups is 1. The monoisotopic (exact) mass is 278 g/mol. The van der Waals surface area contributed by atoms with Gasteiger partial charge in [-0.2, -0.15) is 0 Å². The van der Waals surface area contributed by atoms with E-state index in [2.05, 4.69) is 34.5 Å². The summed E-state index contributed by atoms with van der Waals surface area (Å²) in [6, 6.07) is 3.88. The van der Waals surface area contributed by atoms with E-state index in [0.717, 1.165) is 18.1 Å². The average Bonchev–Trinajstić information content (AvgIpc) is 2.51. The van der Waals surface area contributed by atoms with Crippen molar-refractivity contribution in [3.05, 3.63) is 23.9 Å². The molecule has 0 bridgehead atoms. The first kappa shape index (κ1) is 16.3. The summed E-state index contributed by atoms with van der Waals surface area (Å²) < 4.78 is 5.11. The Kier molecular flexibility index (Phi) is 7.47. The molecule has 0 amide bonds. The highest BCUT2D eigenvalue weighted by Crippen LogP contribution is 2.08. The van der Waals surface area contributed by atoms with Crippen LogP contribution in [0.3, 0.4) is 0 Å². The Morgan fingerprint density at radius 2 is 2.10 bits per heavy atom. The van der Waals surface area contributed by atoms with Crippen LogP contribution in [-0.4, -0.2) is 31.6 Å². The largest absolute Gasteiger partial charge is 0.481 e. The molecule has 0 radical (unpaired) electrons. The topological polar surface area (TPSA) is 58.5 Å². The second kappa shape index (κ2) is 9.18. The maximum Gasteiger partial charge on any atom is 0.213 e. The van der Waals surface area contributed by atoms with Gasteiger partial charge in [-0.05, 0) is 17.5 Å². The summed E-state index contributed by atoms with van der Waals surface area (Å²) in [7, 11) is 3.41. The van der Waals surface area contributed by atoms with Gasteiger partial charge in [0.15, 0.2) is 5.96 Å². The number of pyridine rings is 1. The van der Waals surface area contributed by atoms with Crippen LogP contribution in [0.1, 0.15) is 32.3 Å². The van der Waals surface area contributed by atoms with Gasteiger partial charge in [-0.25, -0.2) is 4.98 Å². The number of hydrogen-bond donors (Lipinski definition) is 2. The highest BCUT2D eigenvalue weighted by molar-refractivity contribution is 5.79. The summed E-state index contributed by atoms with van der Waals surface area (Å²) in [4.78, 5) is 8.32. The lowest BCUT2D eigenvalue weighted by atomic mass is 10.0. The first-order valence-electron chi connectivity index (χ1n) is 7.16. The Morgan fingerprint density at radius 1 is 1.35 bits per heavy atom. The van der Waals surface area contributed by atoms with Crippen LogP contribution in [-0.2, 0) is 6.54 Å². The SMILES string of the molecule is CCC(CC)CNC(=NC)NCc1ccnc(OC)c1. The van der Waals surface area contributed by atoms with Crippen molar-refractivity contribution in [2.24, 2.45) is 10.9 Å². The van der Waals surface area contributed by atoms with Crippen molar-refractivity contribution in [1.29, 1.82) is 0 Å². The number of nitrogens with zero attached hydrogens (tertiary/aromatic N) is 2. The van der Waals surface area contributed by atoms with Crippen LogP contribution in [0.15, 0.2) is 23.3 Å². The molecule has 2 N–H and O–H groups in total. The lowest BCUT2D eigenvalue weighted by Crippen LogP contribution is -2.39. The Bertz CT molecular complexity index is 416. The normalized spacial score (nSPS) is 11.6. The second-order valence-electron chi connectivity index (χ2n) is 4.70.